The first kappa shape index (κ1) is 28.4. The molecule has 2 aromatic rings. The standard InChI is InChI=1S/C42H53BFN3/c44-39-29-18-8-11-21-35(29)46-37-25-31-28-17-7-10-20-34(28)45(27-15-5-2-6-16-27)40(31)30-23-24-33-41(38(30)37)47(42(39)46)36-22-12-9-19-32(36)43(33)26-13-3-1-4-14-26/h1-6,13-16,28-38,40-41H,7-12,17-25H2. The van der Waals surface area contributed by atoms with Gasteiger partial charge in [-0.25, -0.2) is 4.39 Å². The molecule has 13 unspecified atom stereocenters. The highest BCUT2D eigenvalue weighted by Crippen LogP contribution is 2.66. The quantitative estimate of drug-likeness (QED) is 0.308. The molecule has 11 rings (SSSR count). The second-order valence-corrected chi connectivity index (χ2v) is 17.6. The minimum absolute atomic E-state index is 0.147. The van der Waals surface area contributed by atoms with Gasteiger partial charge in [0.15, 0.2) is 6.71 Å². The van der Waals surface area contributed by atoms with Crippen LogP contribution in [-0.4, -0.2) is 52.8 Å². The van der Waals surface area contributed by atoms with Crippen molar-refractivity contribution in [2.24, 2.45) is 29.6 Å². The van der Waals surface area contributed by atoms with E-state index in [1.807, 2.05) is 0 Å². The lowest BCUT2D eigenvalue weighted by molar-refractivity contribution is -0.117. The Kier molecular flexibility index (Phi) is 6.52. The first-order valence-electron chi connectivity index (χ1n) is 20.1. The number of fused-ring (bicyclic) bond motifs is 11. The van der Waals surface area contributed by atoms with Gasteiger partial charge in [0.05, 0.1) is 0 Å². The minimum Gasteiger partial charge on any atom is -0.365 e. The van der Waals surface area contributed by atoms with Gasteiger partial charge in [-0.05, 0) is 86.5 Å². The van der Waals surface area contributed by atoms with Crippen molar-refractivity contribution in [2.75, 3.05) is 4.90 Å². The SMILES string of the molecule is FC1=C2N(C3CCCCC13)C1CC3C4CCCCC4N(c4ccccc4)C3C3CCC4B(c5ccccc5)C5CCCCC5N2C4C31. The van der Waals surface area contributed by atoms with Crippen LogP contribution in [0.5, 0.6) is 0 Å². The van der Waals surface area contributed by atoms with Crippen LogP contribution in [0.2, 0.25) is 11.6 Å². The van der Waals surface area contributed by atoms with Crippen molar-refractivity contribution in [3.63, 3.8) is 0 Å². The summed E-state index contributed by atoms with van der Waals surface area (Å²) in [5.41, 5.74) is 3.08. The summed E-state index contributed by atoms with van der Waals surface area (Å²) in [6.07, 6.45) is 19.5. The molecule has 47 heavy (non-hydrogen) atoms. The van der Waals surface area contributed by atoms with Crippen molar-refractivity contribution in [1.82, 2.24) is 9.80 Å². The number of hydrogen-bond donors (Lipinski definition) is 0. The van der Waals surface area contributed by atoms with Gasteiger partial charge in [-0.1, -0.05) is 105 Å². The molecule has 3 nitrogen and oxygen atoms in total. The third-order valence-electron chi connectivity index (χ3n) is 16.1. The topological polar surface area (TPSA) is 9.72 Å². The summed E-state index contributed by atoms with van der Waals surface area (Å²) in [5, 5.41) is 0. The van der Waals surface area contributed by atoms with Crippen molar-refractivity contribution in [3.05, 3.63) is 72.3 Å². The predicted octanol–water partition coefficient (Wildman–Crippen LogP) is 8.64. The van der Waals surface area contributed by atoms with E-state index < -0.39 is 0 Å². The summed E-state index contributed by atoms with van der Waals surface area (Å²) in [6, 6.07) is 26.6. The molecule has 2 aromatic carbocycles. The van der Waals surface area contributed by atoms with Gasteiger partial charge in [0.25, 0.3) is 0 Å². The molecule has 13 atom stereocenters. The van der Waals surface area contributed by atoms with E-state index >= 15 is 4.39 Å². The van der Waals surface area contributed by atoms with Crippen LogP contribution >= 0.6 is 0 Å². The highest BCUT2D eigenvalue weighted by atomic mass is 19.1. The van der Waals surface area contributed by atoms with E-state index in [-0.39, 0.29) is 5.92 Å². The van der Waals surface area contributed by atoms with Crippen molar-refractivity contribution in [1.29, 1.82) is 0 Å². The predicted molar refractivity (Wildman–Crippen MR) is 189 cm³/mol. The third-order valence-corrected chi connectivity index (χ3v) is 16.1. The summed E-state index contributed by atoms with van der Waals surface area (Å²) in [6.45, 7) is 0.623. The van der Waals surface area contributed by atoms with Crippen LogP contribution in [-0.2, 0) is 0 Å². The molecular formula is C42H53BFN3. The highest BCUT2D eigenvalue weighted by molar-refractivity contribution is 6.76. The van der Waals surface area contributed by atoms with Crippen LogP contribution in [0, 0.1) is 29.6 Å². The molecule has 3 saturated heterocycles. The fraction of sp³-hybridized carbons (Fsp3) is 0.667. The zero-order chi connectivity index (χ0) is 30.8. The second-order valence-electron chi connectivity index (χ2n) is 17.6. The molecule has 0 aromatic heterocycles. The number of anilines is 1. The Labute approximate surface area is 282 Å². The molecule has 5 heteroatoms. The zero-order valence-corrected chi connectivity index (χ0v) is 28.2. The van der Waals surface area contributed by atoms with Crippen molar-refractivity contribution in [2.45, 2.75) is 144 Å². The number of hydrogen-bond acceptors (Lipinski definition) is 3. The number of rotatable bonds is 2. The van der Waals surface area contributed by atoms with E-state index in [2.05, 4.69) is 75.4 Å². The van der Waals surface area contributed by atoms with Crippen LogP contribution in [0.15, 0.2) is 72.3 Å². The van der Waals surface area contributed by atoms with Gasteiger partial charge in [-0.2, -0.15) is 0 Å². The molecule has 0 bridgehead atoms. The summed E-state index contributed by atoms with van der Waals surface area (Å²) in [4.78, 5) is 8.81. The van der Waals surface area contributed by atoms with E-state index in [4.69, 9.17) is 0 Å². The molecular weight excluding hydrogens is 576 g/mol. The number of halogens is 1. The van der Waals surface area contributed by atoms with Crippen molar-refractivity contribution < 1.29 is 4.39 Å². The molecule has 9 aliphatic rings. The van der Waals surface area contributed by atoms with Gasteiger partial charge in [0.1, 0.15) is 11.6 Å². The molecule has 0 N–H and O–H groups in total. The van der Waals surface area contributed by atoms with Crippen LogP contribution in [0.1, 0.15) is 96.3 Å². The normalized spacial score (nSPS) is 44.7. The number of nitrogens with zero attached hydrogens (tertiary/aromatic N) is 3. The Bertz CT molecular complexity index is 1530. The van der Waals surface area contributed by atoms with Gasteiger partial charge >= 0.3 is 0 Å². The van der Waals surface area contributed by atoms with Gasteiger partial charge in [0, 0.05) is 53.8 Å². The first-order valence-corrected chi connectivity index (χ1v) is 20.1. The number of para-hydroxylation sites is 1. The van der Waals surface area contributed by atoms with Crippen molar-refractivity contribution >= 4 is 17.9 Å². The molecule has 5 saturated carbocycles. The van der Waals surface area contributed by atoms with Gasteiger partial charge in [0.2, 0.25) is 0 Å². The van der Waals surface area contributed by atoms with Gasteiger partial charge in [-0.3, -0.25) is 0 Å². The molecule has 0 radical (unpaired) electrons. The van der Waals surface area contributed by atoms with Gasteiger partial charge in [-0.15, -0.1) is 0 Å². The molecule has 0 spiro atoms. The van der Waals surface area contributed by atoms with Crippen LogP contribution in [0.25, 0.3) is 0 Å². The average molecular weight is 630 g/mol. The highest BCUT2D eigenvalue weighted by Gasteiger charge is 2.69. The lowest BCUT2D eigenvalue weighted by atomic mass is 9.23. The summed E-state index contributed by atoms with van der Waals surface area (Å²) < 4.78 is 17.4. The molecule has 4 aliphatic heterocycles. The maximum Gasteiger partial charge on any atom is 0.186 e. The van der Waals surface area contributed by atoms with Gasteiger partial charge < -0.3 is 14.7 Å². The van der Waals surface area contributed by atoms with E-state index in [0.29, 0.717) is 72.3 Å². The smallest absolute Gasteiger partial charge is 0.186 e. The summed E-state index contributed by atoms with van der Waals surface area (Å²) in [5.74, 6) is 5.81. The first-order chi connectivity index (χ1) is 23.3. The van der Waals surface area contributed by atoms with Crippen molar-refractivity contribution in [3.8, 4) is 0 Å². The Morgan fingerprint density at radius 1 is 0.532 bits per heavy atom. The lowest BCUT2D eigenvalue weighted by Crippen LogP contribution is -2.75. The molecule has 5 aliphatic carbocycles. The fourth-order valence-electron chi connectivity index (χ4n) is 14.9. The fourth-order valence-corrected chi connectivity index (χ4v) is 14.9. The van der Waals surface area contributed by atoms with Crippen LogP contribution < -0.4 is 10.4 Å². The van der Waals surface area contributed by atoms with Crippen LogP contribution in [0.3, 0.4) is 0 Å². The maximum atomic E-state index is 17.4. The van der Waals surface area contributed by atoms with E-state index in [9.17, 15) is 0 Å². The zero-order valence-electron chi connectivity index (χ0n) is 28.2. The Morgan fingerprint density at radius 2 is 1.23 bits per heavy atom. The number of benzene rings is 2. The summed E-state index contributed by atoms with van der Waals surface area (Å²) in [7, 11) is 0. The Hall–Kier alpha value is -2.43. The monoisotopic (exact) mass is 629 g/mol. The molecule has 246 valence electrons. The molecule has 8 fully saturated rings. The van der Waals surface area contributed by atoms with E-state index in [1.54, 1.807) is 5.46 Å². The Balaban J connectivity index is 1.10. The molecule has 4 heterocycles. The summed E-state index contributed by atoms with van der Waals surface area (Å²) >= 11 is 0. The maximum absolute atomic E-state index is 17.4. The van der Waals surface area contributed by atoms with E-state index in [0.717, 1.165) is 24.1 Å². The Morgan fingerprint density at radius 3 is 2.06 bits per heavy atom. The largest absolute Gasteiger partial charge is 0.365 e. The van der Waals surface area contributed by atoms with E-state index in [1.165, 1.54) is 95.6 Å². The minimum atomic E-state index is 0.147. The average Bonchev–Trinajstić information content (AvgIpc) is 3.63. The third kappa shape index (κ3) is 3.87. The second kappa shape index (κ2) is 10.8. The molecule has 0 amide bonds. The van der Waals surface area contributed by atoms with Crippen LogP contribution in [0.4, 0.5) is 10.1 Å². The lowest BCUT2D eigenvalue weighted by Gasteiger charge is -2.69.